The Morgan fingerprint density at radius 1 is 1.23 bits per heavy atom. The number of carboxylic acid groups (broad SMARTS) is 1. The number of hydrogen-bond donors (Lipinski definition) is 2. The molecule has 31 heavy (non-hydrogen) atoms. The number of hydrogen-bond acceptors (Lipinski definition) is 5. The van der Waals surface area contributed by atoms with Crippen LogP contribution >= 0.6 is 11.3 Å². The normalized spacial score (nSPS) is 12.9. The van der Waals surface area contributed by atoms with E-state index in [-0.39, 0.29) is 17.2 Å². The number of aryl methyl sites for hydroxylation is 1. The number of nitrogens with zero attached hydrogens (tertiary/aromatic N) is 1. The SMILES string of the molecule is COc1cc(C)ccc1C(=O)O.FC1=CC=CCC=C1Nc1nc2ccc(F)cc2s1. The van der Waals surface area contributed by atoms with E-state index in [1.165, 1.54) is 42.7 Å². The molecule has 160 valence electrons. The maximum absolute atomic E-state index is 13.7. The maximum atomic E-state index is 13.7. The first kappa shape index (κ1) is 22.2. The zero-order valence-corrected chi connectivity index (χ0v) is 17.7. The predicted molar refractivity (Wildman–Crippen MR) is 119 cm³/mol. The number of anilines is 1. The van der Waals surface area contributed by atoms with E-state index < -0.39 is 5.97 Å². The second-order valence-electron chi connectivity index (χ2n) is 6.56. The van der Waals surface area contributed by atoms with Crippen LogP contribution in [0.3, 0.4) is 0 Å². The number of halogens is 2. The Bertz CT molecular complexity index is 1200. The van der Waals surface area contributed by atoms with Crippen molar-refractivity contribution >= 4 is 32.7 Å². The maximum Gasteiger partial charge on any atom is 0.339 e. The predicted octanol–water partition coefficient (Wildman–Crippen LogP) is 6.25. The van der Waals surface area contributed by atoms with Gasteiger partial charge in [0.05, 0.1) is 23.0 Å². The summed E-state index contributed by atoms with van der Waals surface area (Å²) in [6, 6.07) is 9.38. The summed E-state index contributed by atoms with van der Waals surface area (Å²) in [4.78, 5) is 14.9. The van der Waals surface area contributed by atoms with Gasteiger partial charge in [0.15, 0.2) is 5.13 Å². The van der Waals surface area contributed by atoms with Crippen molar-refractivity contribution < 1.29 is 23.4 Å². The van der Waals surface area contributed by atoms with E-state index in [0.29, 0.717) is 28.5 Å². The van der Waals surface area contributed by atoms with E-state index in [4.69, 9.17) is 9.84 Å². The fourth-order valence-electron chi connectivity index (χ4n) is 2.76. The Kier molecular flexibility index (Phi) is 7.15. The topological polar surface area (TPSA) is 71.5 Å². The second kappa shape index (κ2) is 9.99. The van der Waals surface area contributed by atoms with Gasteiger partial charge in [0, 0.05) is 0 Å². The molecular weight excluding hydrogens is 422 g/mol. The Labute approximate surface area is 182 Å². The molecule has 0 atom stereocenters. The number of thiazole rings is 1. The molecule has 0 bridgehead atoms. The lowest BCUT2D eigenvalue weighted by Crippen LogP contribution is -2.00. The number of methoxy groups -OCH3 is 1. The molecule has 1 aliphatic carbocycles. The van der Waals surface area contributed by atoms with Crippen LogP contribution in [0.2, 0.25) is 0 Å². The molecule has 4 rings (SSSR count). The van der Waals surface area contributed by atoms with Gasteiger partial charge in [-0.05, 0) is 55.3 Å². The van der Waals surface area contributed by atoms with Crippen molar-refractivity contribution in [2.75, 3.05) is 12.4 Å². The molecule has 8 heteroatoms. The molecule has 3 aromatic rings. The number of carbonyl (C=O) groups is 1. The first-order valence-corrected chi connectivity index (χ1v) is 10.1. The summed E-state index contributed by atoms with van der Waals surface area (Å²) in [6.07, 6.45) is 7.35. The monoisotopic (exact) mass is 442 g/mol. The van der Waals surface area contributed by atoms with E-state index in [0.717, 1.165) is 10.3 Å². The van der Waals surface area contributed by atoms with E-state index in [9.17, 15) is 13.6 Å². The molecule has 0 aliphatic heterocycles. The fraction of sp³-hybridized carbons (Fsp3) is 0.130. The van der Waals surface area contributed by atoms with Gasteiger partial charge in [-0.25, -0.2) is 18.6 Å². The standard InChI is InChI=1S/C14H10F2N2S.C9H10O3/c15-9-6-7-12-13(8-9)19-14(18-12)17-11-5-3-1-2-4-10(11)16;1-6-3-4-7(9(10)11)8(5-6)12-2/h1-2,4-8H,3H2,(H,17,18);3-5H,1-2H3,(H,10,11). The van der Waals surface area contributed by atoms with E-state index >= 15 is 0 Å². The molecule has 1 heterocycles. The number of fused-ring (bicyclic) bond motifs is 1. The van der Waals surface area contributed by atoms with Gasteiger partial charge in [0.25, 0.3) is 0 Å². The van der Waals surface area contributed by atoms with Gasteiger partial charge < -0.3 is 15.2 Å². The molecule has 0 radical (unpaired) electrons. The molecule has 0 saturated heterocycles. The molecule has 5 nitrogen and oxygen atoms in total. The van der Waals surface area contributed by atoms with Crippen molar-refractivity contribution in [1.82, 2.24) is 4.98 Å². The van der Waals surface area contributed by atoms with Crippen molar-refractivity contribution in [3.63, 3.8) is 0 Å². The van der Waals surface area contributed by atoms with Gasteiger partial charge >= 0.3 is 5.97 Å². The van der Waals surface area contributed by atoms with Gasteiger partial charge in [0.2, 0.25) is 0 Å². The van der Waals surface area contributed by atoms with Crippen LogP contribution in [0.5, 0.6) is 5.75 Å². The summed E-state index contributed by atoms with van der Waals surface area (Å²) in [5.41, 5.74) is 2.27. The largest absolute Gasteiger partial charge is 0.496 e. The lowest BCUT2D eigenvalue weighted by Gasteiger charge is -2.04. The first-order chi connectivity index (χ1) is 14.9. The third-order valence-electron chi connectivity index (χ3n) is 4.27. The minimum atomic E-state index is -0.966. The van der Waals surface area contributed by atoms with Crippen molar-refractivity contribution in [2.24, 2.45) is 0 Å². The summed E-state index contributed by atoms with van der Waals surface area (Å²) in [5, 5.41) is 12.2. The summed E-state index contributed by atoms with van der Waals surface area (Å²) < 4.78 is 32.4. The highest BCUT2D eigenvalue weighted by molar-refractivity contribution is 7.22. The zero-order chi connectivity index (χ0) is 22.4. The first-order valence-electron chi connectivity index (χ1n) is 9.31. The lowest BCUT2D eigenvalue weighted by atomic mass is 10.1. The van der Waals surface area contributed by atoms with Crippen LogP contribution in [0.4, 0.5) is 13.9 Å². The third-order valence-corrected chi connectivity index (χ3v) is 5.21. The van der Waals surface area contributed by atoms with Crippen LogP contribution in [0.25, 0.3) is 10.2 Å². The molecule has 2 aromatic carbocycles. The van der Waals surface area contributed by atoms with Gasteiger partial charge in [-0.1, -0.05) is 35.6 Å². The number of ether oxygens (including phenoxy) is 1. The molecule has 0 saturated carbocycles. The number of carboxylic acids is 1. The third kappa shape index (κ3) is 5.76. The van der Waals surface area contributed by atoms with Crippen LogP contribution < -0.4 is 10.1 Å². The molecule has 0 spiro atoms. The number of benzene rings is 2. The van der Waals surface area contributed by atoms with Crippen molar-refractivity contribution in [3.8, 4) is 5.75 Å². The van der Waals surface area contributed by atoms with Crippen LogP contribution in [-0.4, -0.2) is 23.2 Å². The Morgan fingerprint density at radius 2 is 2.03 bits per heavy atom. The van der Waals surface area contributed by atoms with Gasteiger partial charge in [-0.2, -0.15) is 0 Å². The van der Waals surface area contributed by atoms with Crippen molar-refractivity contribution in [2.45, 2.75) is 13.3 Å². The van der Waals surface area contributed by atoms with E-state index in [2.05, 4.69) is 10.3 Å². The molecule has 0 fully saturated rings. The molecule has 0 unspecified atom stereocenters. The van der Waals surface area contributed by atoms with Crippen LogP contribution in [0.1, 0.15) is 22.3 Å². The quantitative estimate of drug-likeness (QED) is 0.500. The van der Waals surface area contributed by atoms with Gasteiger partial charge in [-0.3, -0.25) is 0 Å². The minimum Gasteiger partial charge on any atom is -0.496 e. The number of nitrogens with one attached hydrogen (secondary N) is 1. The van der Waals surface area contributed by atoms with Crippen molar-refractivity contribution in [1.29, 1.82) is 0 Å². The summed E-state index contributed by atoms with van der Waals surface area (Å²) >= 11 is 1.30. The summed E-state index contributed by atoms with van der Waals surface area (Å²) in [7, 11) is 1.46. The van der Waals surface area contributed by atoms with Crippen LogP contribution in [-0.2, 0) is 0 Å². The molecule has 2 N–H and O–H groups in total. The van der Waals surface area contributed by atoms with E-state index in [1.54, 1.807) is 30.4 Å². The minimum absolute atomic E-state index is 0.197. The molecule has 1 aromatic heterocycles. The highest BCUT2D eigenvalue weighted by Crippen LogP contribution is 2.29. The molecule has 0 amide bonds. The summed E-state index contributed by atoms with van der Waals surface area (Å²) in [6.45, 7) is 1.88. The highest BCUT2D eigenvalue weighted by atomic mass is 32.1. The Balaban J connectivity index is 0.000000196. The Morgan fingerprint density at radius 3 is 2.77 bits per heavy atom. The average molecular weight is 442 g/mol. The second-order valence-corrected chi connectivity index (χ2v) is 7.59. The number of aromatic carboxylic acids is 1. The number of allylic oxidation sites excluding steroid dienone is 5. The van der Waals surface area contributed by atoms with E-state index in [1.807, 2.05) is 13.0 Å². The smallest absolute Gasteiger partial charge is 0.339 e. The van der Waals surface area contributed by atoms with Crippen LogP contribution in [0, 0.1) is 12.7 Å². The van der Waals surface area contributed by atoms with Crippen LogP contribution in [0.15, 0.2) is 72.2 Å². The molecule has 1 aliphatic rings. The van der Waals surface area contributed by atoms with Gasteiger partial charge in [-0.15, -0.1) is 0 Å². The van der Waals surface area contributed by atoms with Gasteiger partial charge in [0.1, 0.15) is 23.0 Å². The molecular formula is C23H20F2N2O3S. The number of rotatable bonds is 4. The van der Waals surface area contributed by atoms with Crippen molar-refractivity contribution in [3.05, 3.63) is 89.2 Å². The number of aromatic nitrogens is 1. The lowest BCUT2D eigenvalue weighted by molar-refractivity contribution is 0.0693. The summed E-state index contributed by atoms with van der Waals surface area (Å²) in [5.74, 6) is -1.19. The zero-order valence-electron chi connectivity index (χ0n) is 16.9. The Hall–Kier alpha value is -3.52. The highest BCUT2D eigenvalue weighted by Gasteiger charge is 2.10. The fourth-order valence-corrected chi connectivity index (χ4v) is 3.66. The average Bonchev–Trinajstić information content (AvgIpc) is 3.02.